The average molecular weight is 751 g/mol. The van der Waals surface area contributed by atoms with Gasteiger partial charge in [-0.3, -0.25) is 19.3 Å². The van der Waals surface area contributed by atoms with E-state index >= 15 is 13.2 Å². The lowest BCUT2D eigenvalue weighted by Gasteiger charge is -2.51. The number of ether oxygens (including phenoxy) is 3. The van der Waals surface area contributed by atoms with Crippen LogP contribution in [0, 0.1) is 5.82 Å². The number of hydrogen-bond acceptors (Lipinski definition) is 9. The van der Waals surface area contributed by atoms with Crippen molar-refractivity contribution in [2.24, 2.45) is 0 Å². The number of methoxy groups -OCH3 is 1. The quantitative estimate of drug-likeness (QED) is 0.0695. The molecule has 0 aliphatic carbocycles. The highest BCUT2D eigenvalue weighted by atomic mass is 19.4. The molecule has 5 rings (SSSR count). The van der Waals surface area contributed by atoms with Gasteiger partial charge in [-0.15, -0.1) is 0 Å². The van der Waals surface area contributed by atoms with Gasteiger partial charge < -0.3 is 19.3 Å². The maximum atomic E-state index is 15.0. The number of nitrogens with zero attached hydrogens (tertiary/aromatic N) is 2. The fourth-order valence-corrected chi connectivity index (χ4v) is 6.26. The number of pyridine rings is 1. The molecule has 1 aromatic heterocycles. The first-order valence-corrected chi connectivity index (χ1v) is 17.5. The van der Waals surface area contributed by atoms with Gasteiger partial charge in [0.2, 0.25) is 5.60 Å². The Morgan fingerprint density at radius 2 is 1.65 bits per heavy atom. The smallest absolute Gasteiger partial charge is 0.422 e. The first-order chi connectivity index (χ1) is 25.6. The van der Waals surface area contributed by atoms with Crippen LogP contribution in [0.4, 0.5) is 17.6 Å². The Hall–Kier alpha value is -5.14. The maximum Gasteiger partial charge on any atom is 0.422 e. The number of esters is 1. The molecular weight excluding hydrogens is 708 g/mol. The number of aliphatic hydroxyl groups is 1. The van der Waals surface area contributed by atoms with Crippen LogP contribution in [-0.2, 0) is 20.7 Å². The van der Waals surface area contributed by atoms with Crippen molar-refractivity contribution in [3.8, 4) is 22.8 Å². The zero-order valence-electron chi connectivity index (χ0n) is 30.4. The third-order valence-electron chi connectivity index (χ3n) is 9.77. The van der Waals surface area contributed by atoms with Crippen LogP contribution in [0.5, 0.6) is 11.5 Å². The standard InChI is InChI=1S/C41H42F4N2O7/c1-5-38(50)54-26(2)25-53-35-16-13-29(21-36(35)52-4)33(48)17-18-40(51,41(43,44)45)37-23-30(22-32(46-37)27-11-14-31(42)15-12-27)39(3)19-20-47(39)24-34(49)28-9-7-6-8-10-28/h6-16,21-23,26,51H,5,17-20,24-25H2,1-4H3/t26-,39?,40?/m1/s1. The highest BCUT2D eigenvalue weighted by molar-refractivity contribution is 5.98. The third kappa shape index (κ3) is 8.79. The van der Waals surface area contributed by atoms with E-state index in [1.807, 2.05) is 4.90 Å². The van der Waals surface area contributed by atoms with Gasteiger partial charge in [-0.05, 0) is 86.8 Å². The van der Waals surface area contributed by atoms with E-state index in [1.54, 1.807) is 57.2 Å². The summed E-state index contributed by atoms with van der Waals surface area (Å²) in [6, 6.07) is 20.6. The average Bonchev–Trinajstić information content (AvgIpc) is 3.16. The van der Waals surface area contributed by atoms with Crippen LogP contribution in [0.25, 0.3) is 11.3 Å². The summed E-state index contributed by atoms with van der Waals surface area (Å²) < 4.78 is 75.2. The molecule has 1 aliphatic rings. The van der Waals surface area contributed by atoms with E-state index in [0.29, 0.717) is 29.7 Å². The minimum atomic E-state index is -5.27. The van der Waals surface area contributed by atoms with E-state index in [4.69, 9.17) is 14.2 Å². The molecule has 54 heavy (non-hydrogen) atoms. The zero-order valence-corrected chi connectivity index (χ0v) is 30.4. The summed E-state index contributed by atoms with van der Waals surface area (Å²) in [7, 11) is 1.33. The molecule has 1 aliphatic heterocycles. The summed E-state index contributed by atoms with van der Waals surface area (Å²) in [6.45, 7) is 5.58. The van der Waals surface area contributed by atoms with Gasteiger partial charge >= 0.3 is 12.1 Å². The molecule has 0 amide bonds. The second-order valence-electron chi connectivity index (χ2n) is 13.5. The van der Waals surface area contributed by atoms with Gasteiger partial charge in [0.1, 0.15) is 18.5 Å². The highest BCUT2D eigenvalue weighted by Crippen LogP contribution is 2.46. The van der Waals surface area contributed by atoms with Gasteiger partial charge in [-0.25, -0.2) is 9.37 Å². The van der Waals surface area contributed by atoms with E-state index in [-0.39, 0.29) is 48.1 Å². The molecular formula is C41H42F4N2O7. The van der Waals surface area contributed by atoms with Crippen molar-refractivity contribution in [1.29, 1.82) is 0 Å². The van der Waals surface area contributed by atoms with Crippen LogP contribution in [0.15, 0.2) is 84.9 Å². The Morgan fingerprint density at radius 1 is 0.944 bits per heavy atom. The van der Waals surface area contributed by atoms with Crippen LogP contribution < -0.4 is 9.47 Å². The predicted octanol–water partition coefficient (Wildman–Crippen LogP) is 7.83. The second kappa shape index (κ2) is 16.5. The van der Waals surface area contributed by atoms with Gasteiger partial charge in [0.05, 0.1) is 25.0 Å². The molecule has 0 spiro atoms. The van der Waals surface area contributed by atoms with E-state index < -0.39 is 59.5 Å². The van der Waals surface area contributed by atoms with Crippen LogP contribution >= 0.6 is 0 Å². The lowest BCUT2D eigenvalue weighted by molar-refractivity contribution is -0.270. The Bertz CT molecular complexity index is 1970. The minimum Gasteiger partial charge on any atom is -0.493 e. The Labute approximate surface area is 310 Å². The van der Waals surface area contributed by atoms with Crippen molar-refractivity contribution >= 4 is 17.5 Å². The van der Waals surface area contributed by atoms with Crippen molar-refractivity contribution in [3.05, 3.63) is 113 Å². The van der Waals surface area contributed by atoms with E-state index in [1.165, 1.54) is 43.5 Å². The number of alkyl halides is 3. The van der Waals surface area contributed by atoms with Crippen LogP contribution in [0.3, 0.4) is 0 Å². The number of halogens is 4. The normalized spacial score (nSPS) is 17.5. The van der Waals surface area contributed by atoms with Gasteiger partial charge in [0.25, 0.3) is 0 Å². The summed E-state index contributed by atoms with van der Waals surface area (Å²) in [4.78, 5) is 44.2. The van der Waals surface area contributed by atoms with Crippen molar-refractivity contribution in [1.82, 2.24) is 9.88 Å². The summed E-state index contributed by atoms with van der Waals surface area (Å²) in [5.74, 6) is -1.48. The number of likely N-dealkylation sites (tertiary alicyclic amines) is 1. The molecule has 4 aromatic rings. The minimum absolute atomic E-state index is 0.000714. The predicted molar refractivity (Wildman–Crippen MR) is 192 cm³/mol. The number of aromatic nitrogens is 1. The lowest BCUT2D eigenvalue weighted by atomic mass is 9.77. The van der Waals surface area contributed by atoms with E-state index in [9.17, 15) is 23.9 Å². The molecule has 1 fully saturated rings. The number of ketones is 2. The number of Topliss-reactive ketones (excluding diaryl/α,β-unsaturated/α-hetero) is 2. The zero-order chi connectivity index (χ0) is 39.3. The molecule has 13 heteroatoms. The molecule has 9 nitrogen and oxygen atoms in total. The van der Waals surface area contributed by atoms with Gasteiger partial charge in [-0.2, -0.15) is 13.2 Å². The molecule has 286 valence electrons. The van der Waals surface area contributed by atoms with Crippen LogP contribution in [0.1, 0.15) is 78.4 Å². The number of hydrogen-bond donors (Lipinski definition) is 1. The fraction of sp³-hybridized carbons (Fsp3) is 0.366. The second-order valence-corrected chi connectivity index (χ2v) is 13.5. The van der Waals surface area contributed by atoms with E-state index in [2.05, 4.69) is 4.98 Å². The lowest BCUT2D eigenvalue weighted by Crippen LogP contribution is -2.57. The van der Waals surface area contributed by atoms with Crippen LogP contribution in [0.2, 0.25) is 0 Å². The van der Waals surface area contributed by atoms with Crippen molar-refractivity contribution in [2.75, 3.05) is 26.8 Å². The molecule has 3 atom stereocenters. The topological polar surface area (TPSA) is 115 Å². The Balaban J connectivity index is 1.44. The molecule has 3 aromatic carbocycles. The van der Waals surface area contributed by atoms with Crippen molar-refractivity contribution < 1.29 is 51.3 Å². The number of carbonyl (C=O) groups is 3. The summed E-state index contributed by atoms with van der Waals surface area (Å²) in [5.41, 5.74) is -3.97. The number of rotatable bonds is 16. The van der Waals surface area contributed by atoms with E-state index in [0.717, 1.165) is 12.1 Å². The first-order valence-electron chi connectivity index (χ1n) is 17.5. The maximum absolute atomic E-state index is 15.0. The molecule has 2 heterocycles. The molecule has 0 radical (unpaired) electrons. The Morgan fingerprint density at radius 3 is 2.26 bits per heavy atom. The molecule has 1 N–H and O–H groups in total. The number of carbonyl (C=O) groups excluding carboxylic acids is 3. The summed E-state index contributed by atoms with van der Waals surface area (Å²) >= 11 is 0. The molecule has 1 saturated heterocycles. The van der Waals surface area contributed by atoms with Crippen LogP contribution in [-0.4, -0.2) is 71.6 Å². The monoisotopic (exact) mass is 750 g/mol. The third-order valence-corrected chi connectivity index (χ3v) is 9.77. The number of benzene rings is 3. The Kier molecular flexibility index (Phi) is 12.2. The van der Waals surface area contributed by atoms with Gasteiger partial charge in [0, 0.05) is 41.6 Å². The van der Waals surface area contributed by atoms with Crippen molar-refractivity contribution in [3.63, 3.8) is 0 Å². The van der Waals surface area contributed by atoms with Gasteiger partial charge in [-0.1, -0.05) is 37.3 Å². The van der Waals surface area contributed by atoms with Gasteiger partial charge in [0.15, 0.2) is 23.1 Å². The molecule has 0 saturated carbocycles. The summed E-state index contributed by atoms with van der Waals surface area (Å²) in [5, 5.41) is 11.6. The molecule has 0 bridgehead atoms. The molecule has 2 unspecified atom stereocenters. The largest absolute Gasteiger partial charge is 0.493 e. The highest BCUT2D eigenvalue weighted by Gasteiger charge is 2.56. The summed E-state index contributed by atoms with van der Waals surface area (Å²) in [6.07, 6.45) is -6.95. The fourth-order valence-electron chi connectivity index (χ4n) is 6.26. The van der Waals surface area contributed by atoms with Crippen molar-refractivity contribution in [2.45, 2.75) is 69.9 Å². The SMILES string of the molecule is CCC(=O)O[C@H](C)COc1ccc(C(=O)CCC(O)(c2cc(C3(C)CCN3CC(=O)c3ccccc3)cc(-c3ccc(F)cc3)n2)C(F)(F)F)cc1OC. The first kappa shape index (κ1) is 40.1.